The third kappa shape index (κ3) is 4.46. The number of nitrogen functional groups attached to an aromatic ring is 1. The second kappa shape index (κ2) is 9.85. The van der Waals surface area contributed by atoms with Crippen LogP contribution in [0.15, 0.2) is 20.8 Å². The molecule has 36 heavy (non-hydrogen) atoms. The number of carboxylic acids is 1. The van der Waals surface area contributed by atoms with Crippen LogP contribution in [0.25, 0.3) is 0 Å². The van der Waals surface area contributed by atoms with Gasteiger partial charge in [0.1, 0.15) is 36.9 Å². The second-order valence-corrected chi connectivity index (χ2v) is 12.9. The zero-order valence-corrected chi connectivity index (χ0v) is 22.5. The molecular weight excluding hydrogens is 549 g/mol. The van der Waals surface area contributed by atoms with Gasteiger partial charge in [-0.1, -0.05) is 5.16 Å². The Kier molecular flexibility index (Phi) is 6.92. The minimum Gasteiger partial charge on any atom is -0.543 e. The third-order valence-corrected chi connectivity index (χ3v) is 10.5. The first-order chi connectivity index (χ1) is 17.2. The first-order valence-corrected chi connectivity index (χ1v) is 14.5. The molecule has 0 radical (unpaired) electrons. The third-order valence-electron chi connectivity index (χ3n) is 6.02. The summed E-state index contributed by atoms with van der Waals surface area (Å²) in [7, 11) is 3.40. The van der Waals surface area contributed by atoms with Crippen LogP contribution in [0.4, 0.5) is 5.13 Å². The number of aliphatic imine (C=N–C) groups is 1. The quantitative estimate of drug-likeness (QED) is 0.169. The molecule has 1 aromatic heterocycles. The summed E-state index contributed by atoms with van der Waals surface area (Å²) in [4.78, 5) is 52.9. The zero-order chi connectivity index (χ0) is 25.6. The second-order valence-electron chi connectivity index (χ2n) is 8.51. The topological polar surface area (TPSA) is 175 Å². The van der Waals surface area contributed by atoms with Gasteiger partial charge >= 0.3 is 0 Å². The van der Waals surface area contributed by atoms with Crippen molar-refractivity contribution in [3.8, 4) is 0 Å². The van der Waals surface area contributed by atoms with Crippen LogP contribution in [0.3, 0.4) is 0 Å². The maximum absolute atomic E-state index is 13.0. The molecule has 1 aromatic rings. The normalized spacial score (nSPS) is 29.8. The lowest BCUT2D eigenvalue weighted by Gasteiger charge is -2.51. The fourth-order valence-electron chi connectivity index (χ4n) is 4.41. The van der Waals surface area contributed by atoms with Gasteiger partial charge in [0.05, 0.1) is 25.3 Å². The maximum atomic E-state index is 13.0. The zero-order valence-electron chi connectivity index (χ0n) is 19.2. The van der Waals surface area contributed by atoms with E-state index < -0.39 is 29.2 Å². The number of anilines is 1. The molecule has 4 aliphatic rings. The molecule has 0 aliphatic carbocycles. The van der Waals surface area contributed by atoms with E-state index in [4.69, 9.17) is 10.6 Å². The van der Waals surface area contributed by atoms with Gasteiger partial charge < -0.3 is 25.8 Å². The molecule has 3 N–H and O–H groups in total. The molecule has 0 bridgehead atoms. The summed E-state index contributed by atoms with van der Waals surface area (Å²) in [6.07, 6.45) is 0. The number of quaternary nitrogens is 1. The molecule has 13 nitrogen and oxygen atoms in total. The number of nitrogens with two attached hydrogens (primary N) is 1. The highest BCUT2D eigenvalue weighted by Crippen LogP contribution is 2.46. The predicted molar refractivity (Wildman–Crippen MR) is 137 cm³/mol. The van der Waals surface area contributed by atoms with Gasteiger partial charge in [0.15, 0.2) is 5.13 Å². The molecule has 0 saturated carbocycles. The number of oxime groups is 1. The lowest BCUT2D eigenvalue weighted by Crippen LogP contribution is -2.71. The Hall–Kier alpha value is -2.34. The molecule has 4 aliphatic heterocycles. The molecule has 2 amide bonds. The fraction of sp³-hybridized carbons (Fsp3) is 0.526. The maximum Gasteiger partial charge on any atom is 0.278 e. The van der Waals surface area contributed by atoms with Gasteiger partial charge in [0.2, 0.25) is 11.5 Å². The number of thioether (sulfide) groups is 3. The number of aliphatic carboxylic acids is 1. The summed E-state index contributed by atoms with van der Waals surface area (Å²) in [6.45, 7) is 2.53. The Labute approximate surface area is 222 Å². The average molecular weight is 571 g/mol. The van der Waals surface area contributed by atoms with Crippen molar-refractivity contribution in [2.45, 2.75) is 16.7 Å². The van der Waals surface area contributed by atoms with Crippen LogP contribution >= 0.6 is 46.8 Å². The molecule has 0 unspecified atom stereocenters. The number of hydrogen-bond acceptors (Lipinski definition) is 14. The molecule has 2 fully saturated rings. The number of fused-ring (bicyclic) bond motifs is 1. The Morgan fingerprint density at radius 1 is 1.39 bits per heavy atom. The van der Waals surface area contributed by atoms with E-state index in [-0.39, 0.29) is 27.6 Å². The highest BCUT2D eigenvalue weighted by molar-refractivity contribution is 8.13. The number of rotatable bonds is 7. The molecule has 5 heterocycles. The van der Waals surface area contributed by atoms with Gasteiger partial charge in [0, 0.05) is 27.9 Å². The lowest BCUT2D eigenvalue weighted by atomic mass is 10.0. The number of nitrogens with zero attached hydrogens (tertiary/aromatic N) is 6. The number of hydrogen-bond donors (Lipinski definition) is 2. The molecular formula is C19H22N8O5S4. The lowest BCUT2D eigenvalue weighted by molar-refractivity contribution is -0.855. The van der Waals surface area contributed by atoms with Crippen molar-refractivity contribution in [3.63, 3.8) is 0 Å². The van der Waals surface area contributed by atoms with Crippen molar-refractivity contribution in [1.82, 2.24) is 19.6 Å². The Morgan fingerprint density at radius 2 is 2.17 bits per heavy atom. The number of likely N-dealkylation sites (tertiary alicyclic amines) is 1. The van der Waals surface area contributed by atoms with Crippen LogP contribution in [0, 0.1) is 0 Å². The number of β-lactam (4-membered cyclic amide) rings is 1. The first-order valence-electron chi connectivity index (χ1n) is 10.8. The highest BCUT2D eigenvalue weighted by Gasteiger charge is 2.54. The van der Waals surface area contributed by atoms with E-state index in [9.17, 15) is 19.5 Å². The van der Waals surface area contributed by atoms with Crippen molar-refractivity contribution in [3.05, 3.63) is 16.4 Å². The van der Waals surface area contributed by atoms with E-state index in [0.29, 0.717) is 10.7 Å². The van der Waals surface area contributed by atoms with Crippen LogP contribution in [0.1, 0.15) is 5.82 Å². The summed E-state index contributed by atoms with van der Waals surface area (Å²) < 4.78 is 4.71. The molecule has 0 spiro atoms. The highest BCUT2D eigenvalue weighted by atomic mass is 32.2. The van der Waals surface area contributed by atoms with Gasteiger partial charge in [-0.25, -0.2) is 4.99 Å². The number of carboxylic acid groups (broad SMARTS) is 1. The van der Waals surface area contributed by atoms with E-state index >= 15 is 0 Å². The smallest absolute Gasteiger partial charge is 0.278 e. The van der Waals surface area contributed by atoms with Crippen LogP contribution < -0.4 is 16.2 Å². The van der Waals surface area contributed by atoms with Crippen molar-refractivity contribution in [2.75, 3.05) is 51.0 Å². The van der Waals surface area contributed by atoms with Gasteiger partial charge in [-0.15, -0.1) is 23.5 Å². The molecule has 0 aromatic carbocycles. The number of carbonyl (C=O) groups is 3. The number of aromatic nitrogens is 2. The van der Waals surface area contributed by atoms with E-state index in [1.54, 1.807) is 11.8 Å². The van der Waals surface area contributed by atoms with E-state index in [2.05, 4.69) is 31.9 Å². The van der Waals surface area contributed by atoms with E-state index in [1.165, 1.54) is 35.5 Å². The summed E-state index contributed by atoms with van der Waals surface area (Å²) in [5.74, 6) is -1.30. The van der Waals surface area contributed by atoms with Crippen molar-refractivity contribution >= 4 is 80.6 Å². The fourth-order valence-corrected chi connectivity index (χ4v) is 9.03. The Morgan fingerprint density at radius 3 is 2.78 bits per heavy atom. The largest absolute Gasteiger partial charge is 0.543 e. The standard InChI is InChI=1S/C19H22N8O5S4/c1-27(19-21-3-4-33-19)5-8(6-27)35-9-7-34-16-11(15(29)26(16)12(9)17(30)31)22-14(28)10(24-32-2)13-23-18(20)36-25-13/h8,11,16H,3-7H2,1-2H3,(H3-,20,22,23,25,28,30,31)/b24-10-/t8?,11-,16-,27?/m1/s1. The molecule has 2 saturated heterocycles. The van der Waals surface area contributed by atoms with Gasteiger partial charge in [0.25, 0.3) is 17.0 Å². The van der Waals surface area contributed by atoms with Gasteiger partial charge in [-0.3, -0.25) is 19.0 Å². The summed E-state index contributed by atoms with van der Waals surface area (Å²) >= 11 is 5.54. The Bertz CT molecular complexity index is 1210. The SMILES string of the molecule is CO/N=C(\C(=O)N[C@@H]1C(=O)N2C(C(=O)[O-])=C(SC3C[N+](C)(C4=NCCS4)C3)CS[C@H]12)c1nsc(N)n1. The van der Waals surface area contributed by atoms with Crippen molar-refractivity contribution in [1.29, 1.82) is 0 Å². The summed E-state index contributed by atoms with van der Waals surface area (Å²) in [5, 5.41) is 19.2. The van der Waals surface area contributed by atoms with Crippen LogP contribution in [-0.4, -0.2) is 109 Å². The van der Waals surface area contributed by atoms with Gasteiger partial charge in [-0.05, 0) is 11.8 Å². The predicted octanol–water partition coefficient (Wildman–Crippen LogP) is -1.50. The first kappa shape index (κ1) is 25.3. The number of nitrogens with one attached hydrogen (secondary N) is 1. The van der Waals surface area contributed by atoms with Crippen LogP contribution in [0.5, 0.6) is 0 Å². The molecule has 5 rings (SSSR count). The van der Waals surface area contributed by atoms with E-state index in [0.717, 1.165) is 46.6 Å². The van der Waals surface area contributed by atoms with Crippen molar-refractivity contribution in [2.24, 2.45) is 10.1 Å². The Balaban J connectivity index is 1.27. The number of amides is 2. The van der Waals surface area contributed by atoms with Crippen LogP contribution in [-0.2, 0) is 19.2 Å². The molecule has 17 heteroatoms. The summed E-state index contributed by atoms with van der Waals surface area (Å²) in [5.41, 5.74) is 5.24. The molecule has 2 atom stereocenters. The van der Waals surface area contributed by atoms with E-state index in [1.807, 2.05) is 0 Å². The monoisotopic (exact) mass is 570 g/mol. The van der Waals surface area contributed by atoms with Crippen LogP contribution in [0.2, 0.25) is 0 Å². The average Bonchev–Trinajstić information content (AvgIpc) is 3.51. The molecule has 192 valence electrons. The minimum atomic E-state index is -1.41. The minimum absolute atomic E-state index is 0.0290. The summed E-state index contributed by atoms with van der Waals surface area (Å²) in [6, 6.07) is -0.942. The number of carbonyl (C=O) groups excluding carboxylic acids is 3. The van der Waals surface area contributed by atoms with Crippen molar-refractivity contribution < 1.29 is 28.8 Å². The van der Waals surface area contributed by atoms with Gasteiger partial charge in [-0.2, -0.15) is 9.36 Å². The number of amidine groups is 1.